The summed E-state index contributed by atoms with van der Waals surface area (Å²) in [7, 11) is 0. The van der Waals surface area contributed by atoms with E-state index in [1.807, 2.05) is 0 Å². The van der Waals surface area contributed by atoms with Gasteiger partial charge in [-0.2, -0.15) is 0 Å². The number of nitrogens with one attached hydrogen (secondary N) is 1. The van der Waals surface area contributed by atoms with E-state index >= 15 is 0 Å². The Morgan fingerprint density at radius 3 is 2.29 bits per heavy atom. The van der Waals surface area contributed by atoms with E-state index in [9.17, 15) is 27.5 Å². The zero-order valence-electron chi connectivity index (χ0n) is 12.9. The molecule has 24 heavy (non-hydrogen) atoms. The van der Waals surface area contributed by atoms with Gasteiger partial charge in [-0.05, 0) is 25.7 Å². The minimum absolute atomic E-state index is 0.237. The number of carbonyl (C=O) groups is 1. The first-order chi connectivity index (χ1) is 10.9. The van der Waals surface area contributed by atoms with Crippen molar-refractivity contribution in [3.8, 4) is 0 Å². The van der Waals surface area contributed by atoms with Crippen LogP contribution in [0.4, 0.5) is 17.6 Å². The number of rotatable bonds is 3. The van der Waals surface area contributed by atoms with Crippen molar-refractivity contribution in [2.45, 2.75) is 72.4 Å². The van der Waals surface area contributed by atoms with E-state index in [1.165, 1.54) is 0 Å². The Bertz CT molecular complexity index is 582. The van der Waals surface area contributed by atoms with Gasteiger partial charge >= 0.3 is 0 Å². The molecule has 1 spiro atoms. The lowest BCUT2D eigenvalue weighted by Crippen LogP contribution is -2.76. The number of halogens is 5. The Labute approximate surface area is 141 Å². The second kappa shape index (κ2) is 4.57. The summed E-state index contributed by atoms with van der Waals surface area (Å²) in [6.45, 7) is -1.30. The first-order valence-electron chi connectivity index (χ1n) is 8.08. The van der Waals surface area contributed by atoms with E-state index < -0.39 is 55.3 Å². The molecule has 2 N–H and O–H groups in total. The van der Waals surface area contributed by atoms with Gasteiger partial charge in [-0.1, -0.05) is 0 Å². The van der Waals surface area contributed by atoms with Crippen LogP contribution in [0.15, 0.2) is 0 Å². The van der Waals surface area contributed by atoms with E-state index in [2.05, 4.69) is 5.32 Å². The summed E-state index contributed by atoms with van der Waals surface area (Å²) < 4.78 is 55.3. The van der Waals surface area contributed by atoms with E-state index in [0.717, 1.165) is 4.90 Å². The minimum Gasteiger partial charge on any atom is -0.385 e. The van der Waals surface area contributed by atoms with Gasteiger partial charge in [0.1, 0.15) is 6.10 Å². The Morgan fingerprint density at radius 2 is 1.79 bits per heavy atom. The smallest absolute Gasteiger partial charge is 0.287 e. The molecule has 0 aromatic rings. The van der Waals surface area contributed by atoms with E-state index in [4.69, 9.17) is 11.6 Å². The van der Waals surface area contributed by atoms with Crippen molar-refractivity contribution in [2.75, 3.05) is 13.1 Å². The van der Waals surface area contributed by atoms with Crippen LogP contribution in [0.2, 0.25) is 0 Å². The Hall–Kier alpha value is -0.600. The lowest BCUT2D eigenvalue weighted by molar-refractivity contribution is -0.133. The second-order valence-electron chi connectivity index (χ2n) is 8.17. The molecule has 1 amide bonds. The van der Waals surface area contributed by atoms with Crippen molar-refractivity contribution in [2.24, 2.45) is 0 Å². The number of nitrogens with zero attached hydrogens (tertiary/aromatic N) is 1. The molecule has 5 fully saturated rings. The average Bonchev–Trinajstić information content (AvgIpc) is 2.78. The quantitative estimate of drug-likeness (QED) is 0.589. The van der Waals surface area contributed by atoms with Gasteiger partial charge in [0.15, 0.2) is 0 Å². The van der Waals surface area contributed by atoms with E-state index in [0.29, 0.717) is 19.3 Å². The topological polar surface area (TPSA) is 52.6 Å². The van der Waals surface area contributed by atoms with Crippen molar-refractivity contribution in [1.29, 1.82) is 0 Å². The van der Waals surface area contributed by atoms with E-state index in [1.54, 1.807) is 0 Å². The van der Waals surface area contributed by atoms with Crippen LogP contribution >= 0.6 is 11.6 Å². The van der Waals surface area contributed by atoms with Gasteiger partial charge in [-0.3, -0.25) is 9.69 Å². The molecule has 4 saturated carbocycles. The Balaban J connectivity index is 1.48. The summed E-state index contributed by atoms with van der Waals surface area (Å²) in [4.78, 5) is 13.1. The number of amides is 1. The van der Waals surface area contributed by atoms with Crippen molar-refractivity contribution >= 4 is 17.5 Å². The number of aliphatic hydroxyl groups is 1. The molecule has 5 aliphatic rings. The molecule has 0 aromatic carbocycles. The predicted molar refractivity (Wildman–Crippen MR) is 77.4 cm³/mol. The lowest BCUT2D eigenvalue weighted by atomic mass is 9.49. The van der Waals surface area contributed by atoms with Crippen LogP contribution < -0.4 is 5.32 Å². The van der Waals surface area contributed by atoms with Crippen LogP contribution in [-0.4, -0.2) is 62.9 Å². The normalized spacial score (nSPS) is 48.2. The molecular formula is C15H19ClF4N2O2. The molecule has 4 aliphatic carbocycles. The maximum Gasteiger partial charge on any atom is 0.287 e. The highest BCUT2D eigenvalue weighted by molar-refractivity contribution is 6.26. The van der Waals surface area contributed by atoms with Crippen LogP contribution in [-0.2, 0) is 4.79 Å². The fourth-order valence-electron chi connectivity index (χ4n) is 5.11. The van der Waals surface area contributed by atoms with Crippen molar-refractivity contribution in [3.63, 3.8) is 0 Å². The van der Waals surface area contributed by atoms with Crippen LogP contribution in [0.3, 0.4) is 0 Å². The summed E-state index contributed by atoms with van der Waals surface area (Å²) in [6.07, 6.45) is -1.90. The summed E-state index contributed by atoms with van der Waals surface area (Å²) in [5.74, 6) is -7.08. The lowest BCUT2D eigenvalue weighted by Gasteiger charge is -2.67. The predicted octanol–water partition coefficient (Wildman–Crippen LogP) is 1.89. The van der Waals surface area contributed by atoms with Gasteiger partial charge in [0.2, 0.25) is 11.8 Å². The molecular weight excluding hydrogens is 352 g/mol. The van der Waals surface area contributed by atoms with E-state index in [-0.39, 0.29) is 16.8 Å². The second-order valence-corrected chi connectivity index (χ2v) is 8.97. The molecule has 4 nitrogen and oxygen atoms in total. The number of likely N-dealkylation sites (tertiary alicyclic amines) is 1. The summed E-state index contributed by atoms with van der Waals surface area (Å²) in [5, 5.41) is 12.8. The van der Waals surface area contributed by atoms with Crippen LogP contribution in [0.25, 0.3) is 0 Å². The molecule has 0 radical (unpaired) electrons. The standard InChI is InChI=1S/C15H19ClF4N2O2/c16-11-4-12(5-11,6-11)21-9(23)3-22-8-15(19,20)10(24)13(22)1-2-14(17,18)7-13/h10,24H,1-8H2,(H,21,23)/t10-,11?,12?,13-/m0/s1. The third-order valence-electron chi connectivity index (χ3n) is 6.13. The van der Waals surface area contributed by atoms with Gasteiger partial charge in [0.25, 0.3) is 5.92 Å². The van der Waals surface area contributed by atoms with Crippen molar-refractivity contribution in [1.82, 2.24) is 10.2 Å². The number of hydrogen-bond donors (Lipinski definition) is 2. The summed E-state index contributed by atoms with van der Waals surface area (Å²) in [5.41, 5.74) is -2.09. The molecule has 1 aliphatic heterocycles. The molecule has 1 saturated heterocycles. The zero-order valence-corrected chi connectivity index (χ0v) is 13.7. The summed E-state index contributed by atoms with van der Waals surface area (Å²) in [6, 6.07) is 0. The number of alkyl halides is 5. The average molecular weight is 371 g/mol. The SMILES string of the molecule is O=C(CN1CC(F)(F)[C@@H](O)[C@@]12CCC(F)(F)C2)NC12CC(Cl)(C1)C2. The van der Waals surface area contributed by atoms with Crippen LogP contribution in [0.1, 0.15) is 38.5 Å². The van der Waals surface area contributed by atoms with Crippen LogP contribution in [0, 0.1) is 0 Å². The fraction of sp³-hybridized carbons (Fsp3) is 0.933. The monoisotopic (exact) mass is 370 g/mol. The molecule has 0 unspecified atom stereocenters. The highest BCUT2D eigenvalue weighted by atomic mass is 35.5. The van der Waals surface area contributed by atoms with Gasteiger partial charge in [-0.15, -0.1) is 11.6 Å². The van der Waals surface area contributed by atoms with Crippen LogP contribution in [0.5, 0.6) is 0 Å². The Morgan fingerprint density at radius 1 is 1.17 bits per heavy atom. The maximum atomic E-state index is 14.0. The Kier molecular flexibility index (Phi) is 3.20. The van der Waals surface area contributed by atoms with Crippen molar-refractivity contribution in [3.05, 3.63) is 0 Å². The van der Waals surface area contributed by atoms with Gasteiger partial charge in [-0.25, -0.2) is 17.6 Å². The summed E-state index contributed by atoms with van der Waals surface area (Å²) >= 11 is 6.12. The zero-order chi connectivity index (χ0) is 17.6. The highest BCUT2D eigenvalue weighted by Gasteiger charge is 2.70. The molecule has 9 heteroatoms. The highest BCUT2D eigenvalue weighted by Crippen LogP contribution is 2.64. The number of carbonyl (C=O) groups excluding carboxylic acids is 1. The largest absolute Gasteiger partial charge is 0.385 e. The maximum absolute atomic E-state index is 14.0. The van der Waals surface area contributed by atoms with Gasteiger partial charge in [0.05, 0.1) is 23.5 Å². The molecule has 5 rings (SSSR count). The fourth-order valence-corrected chi connectivity index (χ4v) is 5.88. The first-order valence-corrected chi connectivity index (χ1v) is 8.46. The molecule has 1 heterocycles. The molecule has 2 atom stereocenters. The molecule has 0 aromatic heterocycles. The molecule has 136 valence electrons. The minimum atomic E-state index is -3.50. The third-order valence-corrected chi connectivity index (χ3v) is 6.53. The van der Waals surface area contributed by atoms with Crippen molar-refractivity contribution < 1.29 is 27.5 Å². The number of aliphatic hydroxyl groups excluding tert-OH is 1. The number of hydrogen-bond acceptors (Lipinski definition) is 3. The molecule has 2 bridgehead atoms. The first kappa shape index (κ1) is 16.8. The third kappa shape index (κ3) is 2.29. The van der Waals surface area contributed by atoms with Gasteiger partial charge in [0, 0.05) is 18.4 Å². The van der Waals surface area contributed by atoms with Gasteiger partial charge < -0.3 is 10.4 Å².